The molecule has 3 atom stereocenters. The van der Waals surface area contributed by atoms with Crippen molar-refractivity contribution in [3.8, 4) is 0 Å². The Bertz CT molecular complexity index is 940. The number of anilines is 1. The lowest BCUT2D eigenvalue weighted by Crippen LogP contribution is -2.49. The number of halogens is 3. The van der Waals surface area contributed by atoms with E-state index in [0.29, 0.717) is 27.6 Å². The van der Waals surface area contributed by atoms with Gasteiger partial charge >= 0.3 is 6.03 Å². The molecule has 4 rings (SSSR count). The summed E-state index contributed by atoms with van der Waals surface area (Å²) in [5.41, 5.74) is 1.84. The van der Waals surface area contributed by atoms with E-state index in [4.69, 9.17) is 23.2 Å². The van der Waals surface area contributed by atoms with Gasteiger partial charge in [-0.15, -0.1) is 0 Å². The average molecular weight is 492 g/mol. The van der Waals surface area contributed by atoms with Crippen LogP contribution in [0.1, 0.15) is 44.1 Å². The largest absolute Gasteiger partial charge is 0.335 e. The van der Waals surface area contributed by atoms with Gasteiger partial charge in [0.1, 0.15) is 5.82 Å². The molecule has 2 aliphatic rings. The summed E-state index contributed by atoms with van der Waals surface area (Å²) in [5, 5.41) is 6.98. The first-order valence-corrected chi connectivity index (χ1v) is 12.7. The van der Waals surface area contributed by atoms with Crippen LogP contribution in [0.4, 0.5) is 14.9 Å². The van der Waals surface area contributed by atoms with Crippen molar-refractivity contribution < 1.29 is 9.18 Å². The Morgan fingerprint density at radius 3 is 2.58 bits per heavy atom. The summed E-state index contributed by atoms with van der Waals surface area (Å²) >= 11 is 12.0. The molecular formula is C26H32Cl2FN3O. The maximum atomic E-state index is 13.2. The molecule has 178 valence electrons. The first-order valence-electron chi connectivity index (χ1n) is 12.0. The highest BCUT2D eigenvalue weighted by molar-refractivity contribution is 6.42. The second kappa shape index (κ2) is 11.5. The second-order valence-corrected chi connectivity index (χ2v) is 10.3. The molecule has 0 bridgehead atoms. The molecule has 0 spiro atoms. The van der Waals surface area contributed by atoms with E-state index in [1.54, 1.807) is 30.3 Å². The molecule has 2 aromatic rings. The molecule has 2 N–H and O–H groups in total. The van der Waals surface area contributed by atoms with Crippen molar-refractivity contribution >= 4 is 34.9 Å². The molecule has 7 heteroatoms. The van der Waals surface area contributed by atoms with Gasteiger partial charge in [0, 0.05) is 24.8 Å². The minimum absolute atomic E-state index is 0.166. The number of nitrogens with one attached hydrogen (secondary N) is 2. The molecule has 0 aromatic heterocycles. The summed E-state index contributed by atoms with van der Waals surface area (Å²) in [7, 11) is 0. The number of rotatable bonds is 6. The van der Waals surface area contributed by atoms with Crippen LogP contribution >= 0.6 is 23.2 Å². The maximum Gasteiger partial charge on any atom is 0.319 e. The summed E-state index contributed by atoms with van der Waals surface area (Å²) in [4.78, 5) is 15.2. The zero-order valence-electron chi connectivity index (χ0n) is 18.8. The normalized spacial score (nSPS) is 23.8. The fourth-order valence-corrected chi connectivity index (χ4v) is 5.59. The van der Waals surface area contributed by atoms with Gasteiger partial charge in [-0.1, -0.05) is 48.2 Å². The first-order chi connectivity index (χ1) is 16.0. The Balaban J connectivity index is 1.30. The highest BCUT2D eigenvalue weighted by Gasteiger charge is 2.30. The summed E-state index contributed by atoms with van der Waals surface area (Å²) in [6.45, 7) is 3.19. The topological polar surface area (TPSA) is 44.4 Å². The molecule has 33 heavy (non-hydrogen) atoms. The van der Waals surface area contributed by atoms with Crippen LogP contribution < -0.4 is 10.6 Å². The van der Waals surface area contributed by atoms with Gasteiger partial charge < -0.3 is 15.5 Å². The summed E-state index contributed by atoms with van der Waals surface area (Å²) < 4.78 is 13.2. The molecule has 0 unspecified atom stereocenters. The third kappa shape index (κ3) is 7.08. The van der Waals surface area contributed by atoms with E-state index in [0.717, 1.165) is 45.3 Å². The average Bonchev–Trinajstić information content (AvgIpc) is 2.79. The van der Waals surface area contributed by atoms with Gasteiger partial charge in [0.15, 0.2) is 0 Å². The lowest BCUT2D eigenvalue weighted by molar-refractivity contribution is 0.123. The number of hydrogen-bond donors (Lipinski definition) is 2. The number of nitrogens with zero attached hydrogens (tertiary/aromatic N) is 1. The smallest absolute Gasteiger partial charge is 0.319 e. The Morgan fingerprint density at radius 2 is 1.79 bits per heavy atom. The van der Waals surface area contributed by atoms with Gasteiger partial charge in [0.2, 0.25) is 0 Å². The molecule has 1 aliphatic heterocycles. The monoisotopic (exact) mass is 491 g/mol. The molecule has 1 saturated heterocycles. The van der Waals surface area contributed by atoms with E-state index in [-0.39, 0.29) is 17.9 Å². The van der Waals surface area contributed by atoms with Crippen molar-refractivity contribution in [1.82, 2.24) is 10.2 Å². The van der Waals surface area contributed by atoms with Crippen molar-refractivity contribution in [3.05, 3.63) is 63.9 Å². The second-order valence-electron chi connectivity index (χ2n) is 9.48. The fraction of sp³-hybridized carbons (Fsp3) is 0.500. The Morgan fingerprint density at radius 1 is 1.00 bits per heavy atom. The van der Waals surface area contributed by atoms with Gasteiger partial charge in [0.05, 0.1) is 10.0 Å². The van der Waals surface area contributed by atoms with Crippen molar-refractivity contribution in [2.45, 2.75) is 51.0 Å². The van der Waals surface area contributed by atoms with E-state index in [9.17, 15) is 9.18 Å². The van der Waals surface area contributed by atoms with Crippen LogP contribution in [0.3, 0.4) is 0 Å². The number of hydrogen-bond acceptors (Lipinski definition) is 2. The number of piperidine rings is 1. The van der Waals surface area contributed by atoms with E-state index in [1.165, 1.54) is 24.8 Å². The third-order valence-electron chi connectivity index (χ3n) is 6.94. The third-order valence-corrected chi connectivity index (χ3v) is 7.68. The standard InChI is InChI=1S/C26H32Cl2FN3O/c27-23-12-11-22(15-24(23)28)30-26(33)31-25-6-2-1-5-20(25)17-32-13-3-4-19(16-32)14-18-7-9-21(29)10-8-18/h7-12,15,19-20,25H,1-6,13-14,16-17H2,(H2,30,31,33)/t19-,20-,25+/m0/s1. The van der Waals surface area contributed by atoms with Crippen LogP contribution in [0.2, 0.25) is 10.0 Å². The lowest BCUT2D eigenvalue weighted by atomic mass is 9.83. The van der Waals surface area contributed by atoms with E-state index >= 15 is 0 Å². The maximum absolute atomic E-state index is 13.2. The molecule has 1 aliphatic carbocycles. The van der Waals surface area contributed by atoms with Crippen LogP contribution in [-0.2, 0) is 6.42 Å². The Hall–Kier alpha value is -1.82. The molecule has 2 aromatic carbocycles. The molecule has 1 heterocycles. The zero-order valence-corrected chi connectivity index (χ0v) is 20.3. The van der Waals surface area contributed by atoms with Crippen LogP contribution in [0.15, 0.2) is 42.5 Å². The van der Waals surface area contributed by atoms with Crippen molar-refractivity contribution in [3.63, 3.8) is 0 Å². The van der Waals surface area contributed by atoms with Gasteiger partial charge in [0.25, 0.3) is 0 Å². The van der Waals surface area contributed by atoms with Crippen LogP contribution in [0, 0.1) is 17.7 Å². The quantitative estimate of drug-likeness (QED) is 0.468. The van der Waals surface area contributed by atoms with Crippen molar-refractivity contribution in [2.24, 2.45) is 11.8 Å². The number of urea groups is 1. The van der Waals surface area contributed by atoms with Crippen LogP contribution in [0.5, 0.6) is 0 Å². The van der Waals surface area contributed by atoms with Crippen molar-refractivity contribution in [1.29, 1.82) is 0 Å². The van der Waals surface area contributed by atoms with Crippen LogP contribution in [-0.4, -0.2) is 36.6 Å². The Kier molecular flexibility index (Phi) is 8.50. The number of carbonyl (C=O) groups excluding carboxylic acids is 1. The van der Waals surface area contributed by atoms with Gasteiger partial charge in [-0.25, -0.2) is 9.18 Å². The number of carbonyl (C=O) groups is 1. The Labute approximate surface area is 205 Å². The number of benzene rings is 2. The molecule has 0 radical (unpaired) electrons. The summed E-state index contributed by atoms with van der Waals surface area (Å²) in [6.07, 6.45) is 7.89. The van der Waals surface area contributed by atoms with Crippen LogP contribution in [0.25, 0.3) is 0 Å². The van der Waals surface area contributed by atoms with Gasteiger partial charge in [-0.3, -0.25) is 0 Å². The first kappa shape index (κ1) is 24.3. The molecular weight excluding hydrogens is 460 g/mol. The van der Waals surface area contributed by atoms with Gasteiger partial charge in [-0.05, 0) is 86.4 Å². The minimum atomic E-state index is -0.196. The highest BCUT2D eigenvalue weighted by Crippen LogP contribution is 2.29. The molecule has 2 fully saturated rings. The van der Waals surface area contributed by atoms with E-state index < -0.39 is 0 Å². The van der Waals surface area contributed by atoms with E-state index in [1.807, 2.05) is 12.1 Å². The van der Waals surface area contributed by atoms with E-state index in [2.05, 4.69) is 15.5 Å². The SMILES string of the molecule is O=C(Nc1ccc(Cl)c(Cl)c1)N[C@@H]1CCCC[C@H]1CN1CCC[C@@H](Cc2ccc(F)cc2)C1. The molecule has 1 saturated carbocycles. The molecule has 4 nitrogen and oxygen atoms in total. The summed E-state index contributed by atoms with van der Waals surface area (Å²) in [6, 6.07) is 12.0. The fourth-order valence-electron chi connectivity index (χ4n) is 5.29. The predicted octanol–water partition coefficient (Wildman–Crippen LogP) is 6.77. The molecule has 2 amide bonds. The lowest BCUT2D eigenvalue weighted by Gasteiger charge is -2.39. The van der Waals surface area contributed by atoms with Gasteiger partial charge in [-0.2, -0.15) is 0 Å². The minimum Gasteiger partial charge on any atom is -0.335 e. The highest BCUT2D eigenvalue weighted by atomic mass is 35.5. The van der Waals surface area contributed by atoms with Crippen molar-refractivity contribution in [2.75, 3.05) is 25.0 Å². The predicted molar refractivity (Wildman–Crippen MR) is 134 cm³/mol. The zero-order chi connectivity index (χ0) is 23.2. The number of amides is 2. The number of likely N-dealkylation sites (tertiary alicyclic amines) is 1. The summed E-state index contributed by atoms with van der Waals surface area (Å²) in [5.74, 6) is 0.864.